The Labute approximate surface area is 131 Å². The molecule has 0 spiro atoms. The van der Waals surface area contributed by atoms with Crippen molar-refractivity contribution in [2.24, 2.45) is 0 Å². The van der Waals surface area contributed by atoms with Gasteiger partial charge in [0.25, 0.3) is 5.91 Å². The summed E-state index contributed by atoms with van der Waals surface area (Å²) in [7, 11) is -3.34. The van der Waals surface area contributed by atoms with Crippen molar-refractivity contribution in [3.8, 4) is 0 Å². The lowest BCUT2D eigenvalue weighted by molar-refractivity contribution is 0.102. The lowest BCUT2D eigenvalue weighted by atomic mass is 10.1. The molecule has 0 radical (unpaired) electrons. The Morgan fingerprint density at radius 3 is 2.48 bits per heavy atom. The first kappa shape index (κ1) is 15.7. The molecule has 0 aliphatic heterocycles. The number of carbonyl (C=O) groups excluding carboxylic acids is 1. The van der Waals surface area contributed by atoms with Gasteiger partial charge in [-0.3, -0.25) is 4.79 Å². The van der Waals surface area contributed by atoms with Gasteiger partial charge in [0.1, 0.15) is 0 Å². The average molecular weight is 369 g/mol. The number of pyridine rings is 1. The lowest BCUT2D eigenvalue weighted by Gasteiger charge is -2.07. The zero-order valence-electron chi connectivity index (χ0n) is 11.4. The summed E-state index contributed by atoms with van der Waals surface area (Å²) in [5.41, 5.74) is 1.96. The number of halogens is 1. The van der Waals surface area contributed by atoms with E-state index in [1.54, 1.807) is 6.07 Å². The fourth-order valence-corrected chi connectivity index (χ4v) is 2.91. The Morgan fingerprint density at radius 2 is 1.95 bits per heavy atom. The van der Waals surface area contributed by atoms with Crippen LogP contribution in [0.5, 0.6) is 0 Å². The zero-order valence-corrected chi connectivity index (χ0v) is 13.8. The van der Waals surface area contributed by atoms with E-state index in [4.69, 9.17) is 0 Å². The zero-order chi connectivity index (χ0) is 15.6. The van der Waals surface area contributed by atoms with Crippen molar-refractivity contribution in [1.29, 1.82) is 0 Å². The minimum atomic E-state index is -3.34. The van der Waals surface area contributed by atoms with Crippen molar-refractivity contribution in [3.05, 3.63) is 52.1 Å². The summed E-state index contributed by atoms with van der Waals surface area (Å²) in [6, 6.07) is 8.26. The number of benzene rings is 1. The third-order valence-electron chi connectivity index (χ3n) is 2.74. The minimum absolute atomic E-state index is 0.0305. The first-order valence-corrected chi connectivity index (χ1v) is 8.69. The van der Waals surface area contributed by atoms with E-state index in [1.165, 1.54) is 18.3 Å². The molecule has 5 nitrogen and oxygen atoms in total. The van der Waals surface area contributed by atoms with Gasteiger partial charge in [-0.15, -0.1) is 0 Å². The van der Waals surface area contributed by atoms with E-state index in [9.17, 15) is 13.2 Å². The Hall–Kier alpha value is -1.73. The quantitative estimate of drug-likeness (QED) is 0.903. The predicted octanol–water partition coefficient (Wildman–Crippen LogP) is 2.81. The fraction of sp³-hybridized carbons (Fsp3) is 0.143. The predicted molar refractivity (Wildman–Crippen MR) is 84.2 cm³/mol. The van der Waals surface area contributed by atoms with E-state index < -0.39 is 9.84 Å². The number of hydrogen-bond donors (Lipinski definition) is 1. The summed E-state index contributed by atoms with van der Waals surface area (Å²) in [4.78, 5) is 16.0. The molecule has 2 rings (SSSR count). The molecule has 0 saturated carbocycles. The number of hydrogen-bond acceptors (Lipinski definition) is 4. The van der Waals surface area contributed by atoms with Gasteiger partial charge >= 0.3 is 0 Å². The first-order chi connectivity index (χ1) is 9.77. The Kier molecular flexibility index (Phi) is 4.43. The van der Waals surface area contributed by atoms with Gasteiger partial charge in [-0.2, -0.15) is 0 Å². The number of nitrogens with one attached hydrogen (secondary N) is 1. The molecule has 2 aromatic rings. The van der Waals surface area contributed by atoms with Crippen LogP contribution in [0.15, 0.2) is 46.0 Å². The molecule has 0 bridgehead atoms. The highest BCUT2D eigenvalue weighted by molar-refractivity contribution is 9.10. The van der Waals surface area contributed by atoms with Crippen LogP contribution in [0, 0.1) is 6.92 Å². The molecule has 21 heavy (non-hydrogen) atoms. The third-order valence-corrected chi connectivity index (χ3v) is 4.40. The van der Waals surface area contributed by atoms with Crippen LogP contribution in [0.3, 0.4) is 0 Å². The number of aromatic nitrogens is 1. The van der Waals surface area contributed by atoms with Gasteiger partial charge in [0.2, 0.25) is 0 Å². The van der Waals surface area contributed by atoms with Crippen LogP contribution in [0.1, 0.15) is 15.9 Å². The molecule has 0 aliphatic rings. The second kappa shape index (κ2) is 5.95. The second-order valence-electron chi connectivity index (χ2n) is 4.59. The molecule has 1 aromatic heterocycles. The van der Waals surface area contributed by atoms with Gasteiger partial charge in [0, 0.05) is 10.7 Å². The summed E-state index contributed by atoms with van der Waals surface area (Å²) in [6.45, 7) is 1.93. The Bertz CT molecular complexity index is 786. The number of carbonyl (C=O) groups is 1. The van der Waals surface area contributed by atoms with Crippen molar-refractivity contribution in [3.63, 3.8) is 0 Å². The van der Waals surface area contributed by atoms with E-state index in [0.29, 0.717) is 15.7 Å². The first-order valence-electron chi connectivity index (χ1n) is 6.01. The maximum Gasteiger partial charge on any atom is 0.256 e. The molecule has 1 heterocycles. The number of anilines is 1. The van der Waals surface area contributed by atoms with Crippen LogP contribution in [-0.4, -0.2) is 25.6 Å². The van der Waals surface area contributed by atoms with E-state index >= 15 is 0 Å². The van der Waals surface area contributed by atoms with Crippen LogP contribution >= 0.6 is 15.9 Å². The van der Waals surface area contributed by atoms with Gasteiger partial charge in [0.05, 0.1) is 17.4 Å². The van der Waals surface area contributed by atoms with Gasteiger partial charge in [-0.1, -0.05) is 6.07 Å². The molecule has 0 fully saturated rings. The summed E-state index contributed by atoms with van der Waals surface area (Å²) in [5.74, 6) is -0.296. The number of rotatable bonds is 3. The number of amides is 1. The summed E-state index contributed by atoms with van der Waals surface area (Å²) in [5, 5.41) is 2.64. The molecule has 0 atom stereocenters. The van der Waals surface area contributed by atoms with E-state index in [-0.39, 0.29) is 10.9 Å². The molecule has 0 aliphatic carbocycles. The molecule has 110 valence electrons. The van der Waals surface area contributed by atoms with Crippen molar-refractivity contribution in [1.82, 2.24) is 4.98 Å². The lowest BCUT2D eigenvalue weighted by Crippen LogP contribution is -2.13. The second-order valence-corrected chi connectivity index (χ2v) is 7.41. The normalized spacial score (nSPS) is 11.2. The SMILES string of the molecule is Cc1ccc(C(=O)Nc2ccc(S(C)(=O)=O)nc2)c(Br)c1. The van der Waals surface area contributed by atoms with E-state index in [0.717, 1.165) is 11.8 Å². The van der Waals surface area contributed by atoms with Crippen molar-refractivity contribution < 1.29 is 13.2 Å². The van der Waals surface area contributed by atoms with Crippen molar-refractivity contribution in [2.75, 3.05) is 11.6 Å². The highest BCUT2D eigenvalue weighted by Gasteiger charge is 2.12. The van der Waals surface area contributed by atoms with Crippen LogP contribution in [0.4, 0.5) is 5.69 Å². The molecule has 7 heteroatoms. The average Bonchev–Trinajstić information content (AvgIpc) is 2.38. The van der Waals surface area contributed by atoms with Crippen LogP contribution < -0.4 is 5.32 Å². The van der Waals surface area contributed by atoms with E-state index in [1.807, 2.05) is 19.1 Å². The third kappa shape index (κ3) is 3.89. The maximum atomic E-state index is 12.1. The monoisotopic (exact) mass is 368 g/mol. The molecule has 0 unspecified atom stereocenters. The van der Waals surface area contributed by atoms with Gasteiger partial charge in [0.15, 0.2) is 14.9 Å². The van der Waals surface area contributed by atoms with Gasteiger partial charge in [-0.25, -0.2) is 13.4 Å². The molecule has 1 N–H and O–H groups in total. The topological polar surface area (TPSA) is 76.1 Å². The number of nitrogens with zero attached hydrogens (tertiary/aromatic N) is 1. The van der Waals surface area contributed by atoms with Crippen molar-refractivity contribution >= 4 is 37.4 Å². The Balaban J connectivity index is 2.20. The van der Waals surface area contributed by atoms with Gasteiger partial charge in [-0.05, 0) is 52.7 Å². The molecule has 1 amide bonds. The summed E-state index contributed by atoms with van der Waals surface area (Å²) < 4.78 is 23.3. The van der Waals surface area contributed by atoms with Gasteiger partial charge < -0.3 is 5.32 Å². The highest BCUT2D eigenvalue weighted by atomic mass is 79.9. The van der Waals surface area contributed by atoms with Crippen LogP contribution in [0.2, 0.25) is 0 Å². The highest BCUT2D eigenvalue weighted by Crippen LogP contribution is 2.20. The minimum Gasteiger partial charge on any atom is -0.321 e. The summed E-state index contributed by atoms with van der Waals surface area (Å²) in [6.07, 6.45) is 2.40. The smallest absolute Gasteiger partial charge is 0.256 e. The van der Waals surface area contributed by atoms with Crippen LogP contribution in [-0.2, 0) is 9.84 Å². The fourth-order valence-electron chi connectivity index (χ4n) is 1.68. The van der Waals surface area contributed by atoms with Crippen LogP contribution in [0.25, 0.3) is 0 Å². The number of sulfone groups is 1. The summed E-state index contributed by atoms with van der Waals surface area (Å²) >= 11 is 3.34. The molecule has 0 saturated heterocycles. The molecular formula is C14H13BrN2O3S. The van der Waals surface area contributed by atoms with E-state index in [2.05, 4.69) is 26.2 Å². The molecule has 1 aromatic carbocycles. The number of aryl methyl sites for hydroxylation is 1. The molecular weight excluding hydrogens is 356 g/mol. The Morgan fingerprint density at radius 1 is 1.24 bits per heavy atom. The maximum absolute atomic E-state index is 12.1. The largest absolute Gasteiger partial charge is 0.321 e. The van der Waals surface area contributed by atoms with Crippen molar-refractivity contribution in [2.45, 2.75) is 11.9 Å². The standard InChI is InChI=1S/C14H13BrN2O3S/c1-9-3-5-11(12(15)7-9)14(18)17-10-4-6-13(16-8-10)21(2,19)20/h3-8H,1-2H3,(H,17,18).